The zero-order valence-corrected chi connectivity index (χ0v) is 11.0. The van der Waals surface area contributed by atoms with Crippen molar-refractivity contribution >= 4 is 5.97 Å². The maximum atomic E-state index is 13.3. The lowest BCUT2D eigenvalue weighted by atomic mass is 10.0. The van der Waals surface area contributed by atoms with Crippen LogP contribution in [0.1, 0.15) is 17.3 Å². The summed E-state index contributed by atoms with van der Waals surface area (Å²) in [5.41, 5.74) is 0.146. The van der Waals surface area contributed by atoms with E-state index in [1.807, 2.05) is 0 Å². The number of carboxylic acids is 1. The van der Waals surface area contributed by atoms with Crippen LogP contribution in [0.4, 0.5) is 13.2 Å². The van der Waals surface area contributed by atoms with E-state index in [4.69, 9.17) is 9.84 Å². The monoisotopic (exact) mass is 296 g/mol. The molecule has 0 amide bonds. The van der Waals surface area contributed by atoms with E-state index in [0.29, 0.717) is 6.61 Å². The van der Waals surface area contributed by atoms with Crippen LogP contribution in [-0.4, -0.2) is 17.7 Å². The summed E-state index contributed by atoms with van der Waals surface area (Å²) in [6.07, 6.45) is 0. The molecule has 0 atom stereocenters. The van der Waals surface area contributed by atoms with E-state index in [9.17, 15) is 18.0 Å². The van der Waals surface area contributed by atoms with Gasteiger partial charge in [0.2, 0.25) is 0 Å². The predicted molar refractivity (Wildman–Crippen MR) is 69.9 cm³/mol. The molecule has 1 N–H and O–H groups in total. The van der Waals surface area contributed by atoms with E-state index in [-0.39, 0.29) is 22.4 Å². The summed E-state index contributed by atoms with van der Waals surface area (Å²) >= 11 is 0. The van der Waals surface area contributed by atoms with Gasteiger partial charge in [-0.05, 0) is 48.4 Å². The topological polar surface area (TPSA) is 46.5 Å². The van der Waals surface area contributed by atoms with Gasteiger partial charge in [-0.25, -0.2) is 18.0 Å². The summed E-state index contributed by atoms with van der Waals surface area (Å²) < 4.78 is 44.7. The molecule has 2 rings (SSSR count). The van der Waals surface area contributed by atoms with E-state index < -0.39 is 23.4 Å². The van der Waals surface area contributed by atoms with Crippen molar-refractivity contribution in [3.05, 3.63) is 53.3 Å². The molecular weight excluding hydrogens is 285 g/mol. The molecule has 6 heteroatoms. The zero-order valence-electron chi connectivity index (χ0n) is 11.0. The highest BCUT2D eigenvalue weighted by Gasteiger charge is 2.14. The van der Waals surface area contributed by atoms with Gasteiger partial charge in [-0.1, -0.05) is 0 Å². The molecule has 0 saturated carbocycles. The smallest absolute Gasteiger partial charge is 0.335 e. The number of hydrogen-bond acceptors (Lipinski definition) is 2. The lowest BCUT2D eigenvalue weighted by molar-refractivity contribution is 0.0696. The minimum Gasteiger partial charge on any atom is -0.494 e. The van der Waals surface area contributed by atoms with Crippen molar-refractivity contribution in [1.29, 1.82) is 0 Å². The highest BCUT2D eigenvalue weighted by atomic mass is 19.2. The number of carbonyl (C=O) groups is 1. The Bertz CT molecular complexity index is 676. The summed E-state index contributed by atoms with van der Waals surface area (Å²) in [4.78, 5) is 11.1. The van der Waals surface area contributed by atoms with Crippen LogP contribution in [0.2, 0.25) is 0 Å². The summed E-state index contributed by atoms with van der Waals surface area (Å²) in [5, 5.41) is 9.04. The highest BCUT2D eigenvalue weighted by Crippen LogP contribution is 2.28. The van der Waals surface area contributed by atoms with Crippen LogP contribution < -0.4 is 4.74 Å². The minimum absolute atomic E-state index is 0.0236. The van der Waals surface area contributed by atoms with E-state index in [0.717, 1.165) is 12.1 Å². The van der Waals surface area contributed by atoms with Gasteiger partial charge >= 0.3 is 5.97 Å². The van der Waals surface area contributed by atoms with E-state index >= 15 is 0 Å². The van der Waals surface area contributed by atoms with Gasteiger partial charge in [-0.15, -0.1) is 0 Å². The summed E-state index contributed by atoms with van der Waals surface area (Å²) in [6, 6.07) is 5.56. The van der Waals surface area contributed by atoms with Gasteiger partial charge < -0.3 is 9.84 Å². The Balaban J connectivity index is 2.59. The first kappa shape index (κ1) is 14.9. The standard InChI is InChI=1S/C15H11F3O3/c1-2-21-11-4-8(3-10(5-11)15(19)20)9-6-12(16)14(18)13(17)7-9/h3-7H,2H2,1H3,(H,19,20). The molecule has 110 valence electrons. The van der Waals surface area contributed by atoms with Gasteiger partial charge in [0.05, 0.1) is 12.2 Å². The fraction of sp³-hybridized carbons (Fsp3) is 0.133. The number of halogens is 3. The van der Waals surface area contributed by atoms with Crippen LogP contribution in [-0.2, 0) is 0 Å². The van der Waals surface area contributed by atoms with Crippen LogP contribution >= 0.6 is 0 Å². The van der Waals surface area contributed by atoms with E-state index in [2.05, 4.69) is 0 Å². The van der Waals surface area contributed by atoms with Crippen molar-refractivity contribution in [2.45, 2.75) is 6.92 Å². The van der Waals surface area contributed by atoms with Crippen LogP contribution in [0.15, 0.2) is 30.3 Å². The number of aromatic carboxylic acids is 1. The maximum Gasteiger partial charge on any atom is 0.335 e. The second-order valence-corrected chi connectivity index (χ2v) is 4.24. The Hall–Kier alpha value is -2.50. The Kier molecular flexibility index (Phi) is 4.16. The lowest BCUT2D eigenvalue weighted by Gasteiger charge is -2.09. The first-order chi connectivity index (χ1) is 9.92. The summed E-state index contributed by atoms with van der Waals surface area (Å²) in [7, 11) is 0. The third-order valence-electron chi connectivity index (χ3n) is 2.78. The molecule has 2 aromatic rings. The van der Waals surface area contributed by atoms with Gasteiger partial charge in [0.1, 0.15) is 5.75 Å². The van der Waals surface area contributed by atoms with Crippen LogP contribution in [0.3, 0.4) is 0 Å². The Morgan fingerprint density at radius 3 is 2.14 bits per heavy atom. The highest BCUT2D eigenvalue weighted by molar-refractivity contribution is 5.90. The van der Waals surface area contributed by atoms with Crippen molar-refractivity contribution in [3.63, 3.8) is 0 Å². The second kappa shape index (κ2) is 5.87. The Morgan fingerprint density at radius 1 is 1.05 bits per heavy atom. The van der Waals surface area contributed by atoms with Crippen LogP contribution in [0, 0.1) is 17.5 Å². The molecule has 3 nitrogen and oxygen atoms in total. The molecule has 0 aromatic heterocycles. The van der Waals surface area contributed by atoms with Crippen molar-refractivity contribution in [1.82, 2.24) is 0 Å². The van der Waals surface area contributed by atoms with Gasteiger partial charge in [0.25, 0.3) is 0 Å². The lowest BCUT2D eigenvalue weighted by Crippen LogP contribution is -2.00. The first-order valence-corrected chi connectivity index (χ1v) is 6.08. The molecule has 21 heavy (non-hydrogen) atoms. The summed E-state index contributed by atoms with van der Waals surface area (Å²) in [6.45, 7) is 2.01. The molecule has 0 spiro atoms. The number of ether oxygens (including phenoxy) is 1. The quantitative estimate of drug-likeness (QED) is 0.871. The summed E-state index contributed by atoms with van der Waals surface area (Å²) in [5.74, 6) is -5.22. The first-order valence-electron chi connectivity index (χ1n) is 6.08. The SMILES string of the molecule is CCOc1cc(C(=O)O)cc(-c2cc(F)c(F)c(F)c2)c1. The molecule has 0 aliphatic heterocycles. The Morgan fingerprint density at radius 2 is 1.62 bits per heavy atom. The second-order valence-electron chi connectivity index (χ2n) is 4.24. The van der Waals surface area contributed by atoms with Gasteiger partial charge in [-0.2, -0.15) is 0 Å². The average Bonchev–Trinajstić information content (AvgIpc) is 2.44. The van der Waals surface area contributed by atoms with Crippen molar-refractivity contribution in [2.75, 3.05) is 6.61 Å². The van der Waals surface area contributed by atoms with Gasteiger partial charge in [0.15, 0.2) is 17.5 Å². The van der Waals surface area contributed by atoms with Crippen molar-refractivity contribution in [2.24, 2.45) is 0 Å². The third-order valence-corrected chi connectivity index (χ3v) is 2.78. The molecule has 0 radical (unpaired) electrons. The van der Waals surface area contributed by atoms with Gasteiger partial charge in [0, 0.05) is 0 Å². The maximum absolute atomic E-state index is 13.3. The molecule has 0 saturated heterocycles. The number of carboxylic acid groups (broad SMARTS) is 1. The third kappa shape index (κ3) is 3.16. The molecule has 0 unspecified atom stereocenters. The van der Waals surface area contributed by atoms with Crippen molar-refractivity contribution < 1.29 is 27.8 Å². The van der Waals surface area contributed by atoms with Crippen LogP contribution in [0.5, 0.6) is 5.75 Å². The molecule has 0 aliphatic carbocycles. The van der Waals surface area contributed by atoms with E-state index in [1.165, 1.54) is 18.2 Å². The van der Waals surface area contributed by atoms with Gasteiger partial charge in [-0.3, -0.25) is 0 Å². The molecule has 0 bridgehead atoms. The molecule has 0 fully saturated rings. The zero-order chi connectivity index (χ0) is 15.6. The molecular formula is C15H11F3O3. The minimum atomic E-state index is -1.57. The fourth-order valence-electron chi connectivity index (χ4n) is 1.86. The molecule has 2 aromatic carbocycles. The predicted octanol–water partition coefficient (Wildman–Crippen LogP) is 3.87. The number of hydrogen-bond donors (Lipinski definition) is 1. The Labute approximate surface area is 118 Å². The fourth-order valence-corrected chi connectivity index (χ4v) is 1.86. The number of benzene rings is 2. The van der Waals surface area contributed by atoms with E-state index in [1.54, 1.807) is 6.92 Å². The molecule has 0 heterocycles. The largest absolute Gasteiger partial charge is 0.494 e. The van der Waals surface area contributed by atoms with Crippen LogP contribution in [0.25, 0.3) is 11.1 Å². The normalized spacial score (nSPS) is 10.5. The number of rotatable bonds is 4. The van der Waals surface area contributed by atoms with Crippen molar-refractivity contribution in [3.8, 4) is 16.9 Å². The average molecular weight is 296 g/mol. The molecule has 0 aliphatic rings.